The Morgan fingerprint density at radius 3 is 3.13 bits per heavy atom. The number of amides is 1. The van der Waals surface area contributed by atoms with E-state index in [-0.39, 0.29) is 30.1 Å². The van der Waals surface area contributed by atoms with Crippen LogP contribution < -0.4 is 21.7 Å². The molecule has 126 valence electrons. The first kappa shape index (κ1) is 16.3. The van der Waals surface area contributed by atoms with Crippen LogP contribution in [0, 0.1) is 0 Å². The van der Waals surface area contributed by atoms with Crippen molar-refractivity contribution >= 4 is 5.91 Å². The number of ether oxygens (including phenoxy) is 2. The van der Waals surface area contributed by atoms with Gasteiger partial charge in [-0.25, -0.2) is 10.9 Å². The monoisotopic (exact) mass is 321 g/mol. The molecule has 1 aromatic heterocycles. The Morgan fingerprint density at radius 2 is 2.39 bits per heavy atom. The summed E-state index contributed by atoms with van der Waals surface area (Å²) < 4.78 is 11.4. The highest BCUT2D eigenvalue weighted by Gasteiger charge is 2.34. The molecule has 0 aliphatic carbocycles. The molecule has 0 spiro atoms. The summed E-state index contributed by atoms with van der Waals surface area (Å²) in [7, 11) is 0. The quantitative estimate of drug-likeness (QED) is 0.566. The molecule has 3 rings (SSSR count). The lowest BCUT2D eigenvalue weighted by molar-refractivity contribution is -0.128. The van der Waals surface area contributed by atoms with E-state index in [1.807, 2.05) is 25.1 Å². The molecule has 2 aliphatic rings. The summed E-state index contributed by atoms with van der Waals surface area (Å²) in [6.07, 6.45) is 2.30. The average molecular weight is 321 g/mol. The van der Waals surface area contributed by atoms with Crippen molar-refractivity contribution in [3.05, 3.63) is 30.1 Å². The van der Waals surface area contributed by atoms with Gasteiger partial charge in [0.15, 0.2) is 0 Å². The third kappa shape index (κ3) is 4.24. The standard InChI is InChI=1S/C15H23N5O3/c1-10-14(19-20-18-10)15(21)17-12-5-7-22-9-13(12)23-8-11-4-2-3-6-16-11/h2-4,6,10,12-14,18-20H,5,7-9H2,1H3,(H,17,21)/t10?,12-,13-,14?/m1/s1. The number of pyridine rings is 1. The molecule has 2 aliphatic heterocycles. The van der Waals surface area contributed by atoms with Gasteiger partial charge in [0.1, 0.15) is 12.1 Å². The maximum atomic E-state index is 12.4. The molecule has 0 aromatic carbocycles. The summed E-state index contributed by atoms with van der Waals surface area (Å²) in [5, 5.41) is 3.07. The fourth-order valence-electron chi connectivity index (χ4n) is 2.72. The molecule has 4 N–H and O–H groups in total. The van der Waals surface area contributed by atoms with Gasteiger partial charge in [-0.2, -0.15) is 5.53 Å². The van der Waals surface area contributed by atoms with Crippen LogP contribution in [-0.2, 0) is 20.9 Å². The second kappa shape index (κ2) is 7.80. The Morgan fingerprint density at radius 1 is 1.48 bits per heavy atom. The lowest BCUT2D eigenvalue weighted by Crippen LogP contribution is -2.55. The lowest BCUT2D eigenvalue weighted by atomic mass is 10.0. The number of hydrogen-bond acceptors (Lipinski definition) is 7. The molecule has 8 heteroatoms. The van der Waals surface area contributed by atoms with Crippen LogP contribution in [0.15, 0.2) is 24.4 Å². The van der Waals surface area contributed by atoms with Gasteiger partial charge in [-0.3, -0.25) is 9.78 Å². The zero-order valence-corrected chi connectivity index (χ0v) is 13.1. The zero-order chi connectivity index (χ0) is 16.1. The van der Waals surface area contributed by atoms with E-state index in [9.17, 15) is 4.79 Å². The fourth-order valence-corrected chi connectivity index (χ4v) is 2.72. The van der Waals surface area contributed by atoms with E-state index in [2.05, 4.69) is 26.7 Å². The average Bonchev–Trinajstić information content (AvgIpc) is 3.01. The SMILES string of the molecule is CC1NNNC1C(=O)N[C@@H]1CCOC[C@H]1OCc1ccccn1. The molecule has 2 unspecified atom stereocenters. The van der Waals surface area contributed by atoms with Gasteiger partial charge in [0.05, 0.1) is 24.9 Å². The smallest absolute Gasteiger partial charge is 0.240 e. The van der Waals surface area contributed by atoms with E-state index in [0.29, 0.717) is 19.8 Å². The third-order valence-corrected chi connectivity index (χ3v) is 4.11. The minimum absolute atomic E-state index is 0.0164. The van der Waals surface area contributed by atoms with Crippen LogP contribution in [0.4, 0.5) is 0 Å². The van der Waals surface area contributed by atoms with Crippen molar-refractivity contribution in [3.8, 4) is 0 Å². The maximum Gasteiger partial charge on any atom is 0.240 e. The van der Waals surface area contributed by atoms with Crippen LogP contribution >= 0.6 is 0 Å². The molecule has 0 bridgehead atoms. The molecule has 3 heterocycles. The van der Waals surface area contributed by atoms with Crippen molar-refractivity contribution in [2.24, 2.45) is 0 Å². The van der Waals surface area contributed by atoms with Gasteiger partial charge in [-0.1, -0.05) is 6.07 Å². The maximum absolute atomic E-state index is 12.4. The Hall–Kier alpha value is -1.58. The first-order chi connectivity index (χ1) is 11.2. The predicted octanol–water partition coefficient (Wildman–Crippen LogP) is -0.759. The van der Waals surface area contributed by atoms with Gasteiger partial charge in [-0.15, -0.1) is 0 Å². The van der Waals surface area contributed by atoms with Gasteiger partial charge in [0.25, 0.3) is 0 Å². The first-order valence-corrected chi connectivity index (χ1v) is 7.90. The molecular formula is C15H23N5O3. The minimum Gasteiger partial charge on any atom is -0.379 e. The molecule has 1 amide bonds. The van der Waals surface area contributed by atoms with Crippen LogP contribution in [0.25, 0.3) is 0 Å². The number of nitrogens with one attached hydrogen (secondary N) is 4. The zero-order valence-electron chi connectivity index (χ0n) is 13.1. The topological polar surface area (TPSA) is 96.5 Å². The largest absolute Gasteiger partial charge is 0.379 e. The molecule has 1 aromatic rings. The molecule has 0 radical (unpaired) electrons. The second-order valence-electron chi connectivity index (χ2n) is 5.83. The van der Waals surface area contributed by atoms with Gasteiger partial charge >= 0.3 is 0 Å². The van der Waals surface area contributed by atoms with Crippen LogP contribution in [0.1, 0.15) is 19.0 Å². The van der Waals surface area contributed by atoms with Crippen molar-refractivity contribution in [3.63, 3.8) is 0 Å². The summed E-state index contributed by atoms with van der Waals surface area (Å²) in [5.41, 5.74) is 9.51. The molecule has 0 saturated carbocycles. The highest BCUT2D eigenvalue weighted by Crippen LogP contribution is 2.14. The number of nitrogens with zero attached hydrogens (tertiary/aromatic N) is 1. The number of carbonyl (C=O) groups excluding carboxylic acids is 1. The van der Waals surface area contributed by atoms with E-state index in [1.165, 1.54) is 0 Å². The van der Waals surface area contributed by atoms with Gasteiger partial charge in [0.2, 0.25) is 5.91 Å². The van der Waals surface area contributed by atoms with E-state index in [0.717, 1.165) is 12.1 Å². The molecule has 2 saturated heterocycles. The van der Waals surface area contributed by atoms with Gasteiger partial charge in [-0.05, 0) is 25.5 Å². The molecule has 23 heavy (non-hydrogen) atoms. The molecular weight excluding hydrogens is 298 g/mol. The van der Waals surface area contributed by atoms with Crippen LogP contribution in [0.3, 0.4) is 0 Å². The number of rotatable bonds is 5. The Labute approximate surface area is 135 Å². The highest BCUT2D eigenvalue weighted by molar-refractivity contribution is 5.83. The normalized spacial score (nSPS) is 31.0. The van der Waals surface area contributed by atoms with Crippen LogP contribution in [0.2, 0.25) is 0 Å². The fraction of sp³-hybridized carbons (Fsp3) is 0.600. The molecule has 4 atom stereocenters. The van der Waals surface area contributed by atoms with E-state index in [4.69, 9.17) is 9.47 Å². The van der Waals surface area contributed by atoms with Crippen LogP contribution in [0.5, 0.6) is 0 Å². The van der Waals surface area contributed by atoms with Crippen molar-refractivity contribution < 1.29 is 14.3 Å². The second-order valence-corrected chi connectivity index (χ2v) is 5.83. The predicted molar refractivity (Wildman–Crippen MR) is 82.8 cm³/mol. The van der Waals surface area contributed by atoms with E-state index >= 15 is 0 Å². The van der Waals surface area contributed by atoms with Crippen molar-refractivity contribution in [1.29, 1.82) is 0 Å². The first-order valence-electron chi connectivity index (χ1n) is 7.90. The Bertz CT molecular complexity index is 515. The summed E-state index contributed by atoms with van der Waals surface area (Å²) in [6, 6.07) is 5.36. The molecule has 8 nitrogen and oxygen atoms in total. The number of hydrogen-bond donors (Lipinski definition) is 4. The van der Waals surface area contributed by atoms with Crippen LogP contribution in [-0.4, -0.2) is 48.3 Å². The third-order valence-electron chi connectivity index (χ3n) is 4.11. The number of aromatic nitrogens is 1. The van der Waals surface area contributed by atoms with E-state index < -0.39 is 0 Å². The van der Waals surface area contributed by atoms with Gasteiger partial charge < -0.3 is 14.8 Å². The molecule has 2 fully saturated rings. The lowest BCUT2D eigenvalue weighted by Gasteiger charge is -2.32. The number of hydrazine groups is 2. The van der Waals surface area contributed by atoms with Crippen molar-refractivity contribution in [2.75, 3.05) is 13.2 Å². The summed E-state index contributed by atoms with van der Waals surface area (Å²) in [5.74, 6) is -0.0478. The highest BCUT2D eigenvalue weighted by atomic mass is 16.5. The number of carbonyl (C=O) groups is 1. The summed E-state index contributed by atoms with van der Waals surface area (Å²) in [4.78, 5) is 16.6. The summed E-state index contributed by atoms with van der Waals surface area (Å²) in [6.45, 7) is 3.44. The van der Waals surface area contributed by atoms with Crippen molar-refractivity contribution in [2.45, 2.75) is 44.2 Å². The van der Waals surface area contributed by atoms with Gasteiger partial charge in [0, 0.05) is 18.8 Å². The summed E-state index contributed by atoms with van der Waals surface area (Å²) >= 11 is 0. The minimum atomic E-state index is -0.311. The Balaban J connectivity index is 1.54. The Kier molecular flexibility index (Phi) is 5.52. The van der Waals surface area contributed by atoms with E-state index in [1.54, 1.807) is 6.20 Å². The van der Waals surface area contributed by atoms with Crippen molar-refractivity contribution in [1.82, 2.24) is 26.7 Å².